The van der Waals surface area contributed by atoms with Gasteiger partial charge in [-0.2, -0.15) is 11.3 Å². The van der Waals surface area contributed by atoms with Crippen molar-refractivity contribution in [1.82, 2.24) is 4.90 Å². The molecule has 1 aromatic heterocycles. The van der Waals surface area contributed by atoms with Crippen LogP contribution in [0.1, 0.15) is 40.2 Å². The van der Waals surface area contributed by atoms with Crippen molar-refractivity contribution in [1.29, 1.82) is 0 Å². The standard InChI is InChI=1S/C16H29NO2S/c1-13(2)8-17(9-14-6-7-20-12-14)10-15(18)11-19-16(3,4)5/h6-7,12-13,15,18H,8-11H2,1-5H3/t15-/m0/s1. The molecule has 0 unspecified atom stereocenters. The number of thiophene rings is 1. The van der Waals surface area contributed by atoms with Gasteiger partial charge in [0.15, 0.2) is 0 Å². The topological polar surface area (TPSA) is 32.7 Å². The first-order chi connectivity index (χ1) is 9.26. The summed E-state index contributed by atoms with van der Waals surface area (Å²) in [5, 5.41) is 14.4. The molecule has 1 heterocycles. The normalized spacial score (nSPS) is 14.2. The van der Waals surface area contributed by atoms with Crippen molar-refractivity contribution >= 4 is 11.3 Å². The number of aliphatic hydroxyl groups excluding tert-OH is 1. The second-order valence-electron chi connectivity index (χ2n) is 6.80. The van der Waals surface area contributed by atoms with Crippen LogP contribution in [-0.2, 0) is 11.3 Å². The van der Waals surface area contributed by atoms with Gasteiger partial charge in [-0.05, 0) is 49.1 Å². The third kappa shape index (κ3) is 8.00. The zero-order valence-electron chi connectivity index (χ0n) is 13.4. The van der Waals surface area contributed by atoms with Gasteiger partial charge in [-0.3, -0.25) is 4.90 Å². The molecule has 1 rings (SSSR count). The van der Waals surface area contributed by atoms with Gasteiger partial charge in [0, 0.05) is 19.6 Å². The quantitative estimate of drug-likeness (QED) is 0.799. The summed E-state index contributed by atoms with van der Waals surface area (Å²) in [5.41, 5.74) is 1.12. The van der Waals surface area contributed by atoms with Crippen LogP contribution in [0.2, 0.25) is 0 Å². The average molecular weight is 299 g/mol. The van der Waals surface area contributed by atoms with E-state index in [4.69, 9.17) is 4.74 Å². The molecule has 0 saturated heterocycles. The summed E-state index contributed by atoms with van der Waals surface area (Å²) in [6.45, 7) is 13.4. The van der Waals surface area contributed by atoms with Crippen molar-refractivity contribution in [3.8, 4) is 0 Å². The Morgan fingerprint density at radius 2 is 2.00 bits per heavy atom. The molecule has 1 N–H and O–H groups in total. The molecule has 0 spiro atoms. The summed E-state index contributed by atoms with van der Waals surface area (Å²) < 4.78 is 5.66. The number of rotatable bonds is 8. The van der Waals surface area contributed by atoms with Crippen LogP contribution in [0.5, 0.6) is 0 Å². The molecule has 116 valence electrons. The predicted molar refractivity (Wildman–Crippen MR) is 86.1 cm³/mol. The van der Waals surface area contributed by atoms with Crippen LogP contribution in [0.15, 0.2) is 16.8 Å². The minimum Gasteiger partial charge on any atom is -0.389 e. The van der Waals surface area contributed by atoms with Crippen LogP contribution in [0.3, 0.4) is 0 Å². The Morgan fingerprint density at radius 1 is 1.30 bits per heavy atom. The third-order valence-corrected chi connectivity index (χ3v) is 3.52. The first-order valence-electron chi connectivity index (χ1n) is 7.31. The summed E-state index contributed by atoms with van der Waals surface area (Å²) in [4.78, 5) is 2.31. The Kier molecular flexibility index (Phi) is 7.17. The Balaban J connectivity index is 2.47. The molecule has 0 saturated carbocycles. The monoisotopic (exact) mass is 299 g/mol. The molecule has 0 radical (unpaired) electrons. The molecule has 3 nitrogen and oxygen atoms in total. The van der Waals surface area contributed by atoms with Gasteiger partial charge >= 0.3 is 0 Å². The summed E-state index contributed by atoms with van der Waals surface area (Å²) >= 11 is 1.72. The van der Waals surface area contributed by atoms with Gasteiger partial charge in [0.2, 0.25) is 0 Å². The number of hydrogen-bond donors (Lipinski definition) is 1. The minimum atomic E-state index is -0.438. The Morgan fingerprint density at radius 3 is 2.50 bits per heavy atom. The fourth-order valence-corrected chi connectivity index (χ4v) is 2.72. The van der Waals surface area contributed by atoms with E-state index in [-0.39, 0.29) is 5.60 Å². The van der Waals surface area contributed by atoms with Crippen LogP contribution in [0.4, 0.5) is 0 Å². The summed E-state index contributed by atoms with van der Waals surface area (Å²) in [6, 6.07) is 2.15. The van der Waals surface area contributed by atoms with E-state index in [0.717, 1.165) is 13.1 Å². The SMILES string of the molecule is CC(C)CN(Cc1ccsc1)C[C@H](O)COC(C)(C)C. The molecule has 4 heteroatoms. The van der Waals surface area contributed by atoms with Gasteiger partial charge in [0.05, 0.1) is 18.3 Å². The van der Waals surface area contributed by atoms with Crippen LogP contribution >= 0.6 is 11.3 Å². The maximum absolute atomic E-state index is 10.2. The average Bonchev–Trinajstić information content (AvgIpc) is 2.77. The molecule has 0 aromatic carbocycles. The van der Waals surface area contributed by atoms with E-state index >= 15 is 0 Å². The lowest BCUT2D eigenvalue weighted by Crippen LogP contribution is -2.38. The van der Waals surface area contributed by atoms with E-state index in [2.05, 4.69) is 35.6 Å². The van der Waals surface area contributed by atoms with Crippen LogP contribution in [0, 0.1) is 5.92 Å². The molecule has 0 aliphatic heterocycles. The summed E-state index contributed by atoms with van der Waals surface area (Å²) in [5.74, 6) is 0.587. The van der Waals surface area contributed by atoms with Crippen LogP contribution < -0.4 is 0 Å². The van der Waals surface area contributed by atoms with E-state index in [0.29, 0.717) is 19.1 Å². The molecular formula is C16H29NO2S. The number of aliphatic hydroxyl groups is 1. The van der Waals surface area contributed by atoms with Crippen LogP contribution in [-0.4, -0.2) is 41.4 Å². The molecule has 1 atom stereocenters. The number of hydrogen-bond acceptors (Lipinski definition) is 4. The number of nitrogens with zero attached hydrogens (tertiary/aromatic N) is 1. The molecule has 0 aliphatic rings. The largest absolute Gasteiger partial charge is 0.389 e. The Labute approximate surface area is 127 Å². The fraction of sp³-hybridized carbons (Fsp3) is 0.750. The molecule has 20 heavy (non-hydrogen) atoms. The lowest BCUT2D eigenvalue weighted by atomic mass is 10.1. The molecule has 1 aromatic rings. The molecule has 0 aliphatic carbocycles. The summed E-state index contributed by atoms with van der Waals surface area (Å²) in [6.07, 6.45) is -0.438. The van der Waals surface area contributed by atoms with Crippen molar-refractivity contribution in [2.75, 3.05) is 19.7 Å². The molecule has 0 bridgehead atoms. The van der Waals surface area contributed by atoms with E-state index in [1.54, 1.807) is 11.3 Å². The zero-order valence-corrected chi connectivity index (χ0v) is 14.2. The highest BCUT2D eigenvalue weighted by molar-refractivity contribution is 7.07. The lowest BCUT2D eigenvalue weighted by molar-refractivity contribution is -0.0572. The van der Waals surface area contributed by atoms with E-state index < -0.39 is 6.10 Å². The maximum atomic E-state index is 10.2. The highest BCUT2D eigenvalue weighted by Gasteiger charge is 2.17. The van der Waals surface area contributed by atoms with Crippen molar-refractivity contribution in [3.05, 3.63) is 22.4 Å². The predicted octanol–water partition coefficient (Wildman–Crippen LogP) is 3.38. The van der Waals surface area contributed by atoms with Crippen LogP contribution in [0.25, 0.3) is 0 Å². The Bertz CT molecular complexity index is 357. The van der Waals surface area contributed by atoms with E-state index in [9.17, 15) is 5.11 Å². The third-order valence-electron chi connectivity index (χ3n) is 2.79. The molecule has 0 fully saturated rings. The first-order valence-corrected chi connectivity index (χ1v) is 8.26. The molecule has 0 amide bonds. The van der Waals surface area contributed by atoms with Gasteiger partial charge in [-0.25, -0.2) is 0 Å². The highest BCUT2D eigenvalue weighted by Crippen LogP contribution is 2.13. The van der Waals surface area contributed by atoms with Crippen molar-refractivity contribution < 1.29 is 9.84 Å². The van der Waals surface area contributed by atoms with E-state index in [1.807, 2.05) is 20.8 Å². The van der Waals surface area contributed by atoms with Crippen molar-refractivity contribution in [2.24, 2.45) is 5.92 Å². The number of ether oxygens (including phenoxy) is 1. The fourth-order valence-electron chi connectivity index (χ4n) is 2.06. The maximum Gasteiger partial charge on any atom is 0.0900 e. The van der Waals surface area contributed by atoms with Crippen molar-refractivity contribution in [3.63, 3.8) is 0 Å². The second kappa shape index (κ2) is 8.13. The van der Waals surface area contributed by atoms with Gasteiger partial charge in [0.25, 0.3) is 0 Å². The van der Waals surface area contributed by atoms with Gasteiger partial charge < -0.3 is 9.84 Å². The van der Waals surface area contributed by atoms with Crippen molar-refractivity contribution in [2.45, 2.75) is 52.9 Å². The Hall–Kier alpha value is -0.420. The lowest BCUT2D eigenvalue weighted by Gasteiger charge is -2.28. The first kappa shape index (κ1) is 17.6. The smallest absolute Gasteiger partial charge is 0.0900 e. The van der Waals surface area contributed by atoms with Gasteiger partial charge in [-0.15, -0.1) is 0 Å². The van der Waals surface area contributed by atoms with E-state index in [1.165, 1.54) is 5.56 Å². The summed E-state index contributed by atoms with van der Waals surface area (Å²) in [7, 11) is 0. The van der Waals surface area contributed by atoms with Gasteiger partial charge in [-0.1, -0.05) is 13.8 Å². The second-order valence-corrected chi connectivity index (χ2v) is 7.58. The zero-order chi connectivity index (χ0) is 15.2. The minimum absolute atomic E-state index is 0.197. The molecular weight excluding hydrogens is 270 g/mol. The highest BCUT2D eigenvalue weighted by atomic mass is 32.1. The van der Waals surface area contributed by atoms with Gasteiger partial charge in [0.1, 0.15) is 0 Å².